The van der Waals surface area contributed by atoms with Crippen molar-refractivity contribution in [2.75, 3.05) is 13.1 Å². The Morgan fingerprint density at radius 2 is 1.83 bits per heavy atom. The molecule has 0 bridgehead atoms. The van der Waals surface area contributed by atoms with Crippen molar-refractivity contribution in [1.82, 2.24) is 10.0 Å². The Morgan fingerprint density at radius 1 is 1.14 bits per heavy atom. The van der Waals surface area contributed by atoms with Gasteiger partial charge in [0.25, 0.3) is 12.0 Å². The van der Waals surface area contributed by atoms with Crippen molar-refractivity contribution >= 4 is 53.9 Å². The minimum atomic E-state index is -3.96. The molecule has 1 saturated heterocycles. The Balaban J connectivity index is 1.88. The quantitative estimate of drug-likeness (QED) is 0.475. The lowest BCUT2D eigenvalue weighted by Gasteiger charge is -2.49. The molecule has 3 rings (SSSR count). The van der Waals surface area contributed by atoms with E-state index in [1.54, 1.807) is 51.1 Å². The van der Waals surface area contributed by atoms with Crippen molar-refractivity contribution in [3.8, 4) is 0 Å². The molecule has 2 N–H and O–H groups in total. The smallest absolute Gasteiger partial charge is 0.258 e. The van der Waals surface area contributed by atoms with Gasteiger partial charge in [-0.3, -0.25) is 9.28 Å². The van der Waals surface area contributed by atoms with Crippen molar-refractivity contribution < 1.29 is 27.6 Å². The van der Waals surface area contributed by atoms with Crippen LogP contribution in [0.4, 0.5) is 4.79 Å². The average Bonchev–Trinajstić information content (AvgIpc) is 3.12. The number of rotatable bonds is 6. The van der Waals surface area contributed by atoms with Crippen molar-refractivity contribution in [1.29, 1.82) is 0 Å². The van der Waals surface area contributed by atoms with Gasteiger partial charge in [0, 0.05) is 20.9 Å². The molecule has 8 nitrogen and oxygen atoms in total. The van der Waals surface area contributed by atoms with Crippen LogP contribution in [0.2, 0.25) is 0 Å². The van der Waals surface area contributed by atoms with Crippen LogP contribution in [0.5, 0.6) is 0 Å². The lowest BCUT2D eigenvalue weighted by Crippen LogP contribution is -2.71. The lowest BCUT2D eigenvalue weighted by molar-refractivity contribution is -0.929. The molecule has 0 radical (unpaired) electrons. The number of halogens is 2. The topological polar surface area (TPSA) is 115 Å². The van der Waals surface area contributed by atoms with Gasteiger partial charge in [0.1, 0.15) is 12.6 Å². The highest BCUT2D eigenvalue weighted by molar-refractivity contribution is 9.11. The maximum atomic E-state index is 13.2. The first-order valence-electron chi connectivity index (χ1n) is 11.1. The minimum absolute atomic E-state index is 0.0122. The second kappa shape index (κ2) is 10.3. The van der Waals surface area contributed by atoms with Gasteiger partial charge in [0.05, 0.1) is 23.0 Å². The van der Waals surface area contributed by atoms with Crippen LogP contribution in [0.1, 0.15) is 43.1 Å². The van der Waals surface area contributed by atoms with Crippen LogP contribution in [-0.2, 0) is 10.0 Å². The van der Waals surface area contributed by atoms with E-state index < -0.39 is 38.2 Å². The van der Waals surface area contributed by atoms with Crippen LogP contribution >= 0.6 is 31.9 Å². The second-order valence-corrected chi connectivity index (χ2v) is 13.3. The first-order valence-corrected chi connectivity index (χ1v) is 14.2. The number of sulfonamides is 1. The van der Waals surface area contributed by atoms with Crippen molar-refractivity contribution in [2.24, 2.45) is 0 Å². The summed E-state index contributed by atoms with van der Waals surface area (Å²) in [5, 5.41) is 15.4. The summed E-state index contributed by atoms with van der Waals surface area (Å²) in [5.41, 5.74) is 0.594. The molecule has 2 aromatic carbocycles. The van der Waals surface area contributed by atoms with Gasteiger partial charge in [0.2, 0.25) is 10.0 Å². The van der Waals surface area contributed by atoms with Crippen LogP contribution in [-0.4, -0.2) is 55.6 Å². The standard InChI is InChI=1S/C24H29Br2N3O5S/c1-15-6-5-7-16(10-15)22(30)27-13-19-12-18(14-29(19,23(31)32)24(2,3)4)28-35(33,34)21-11-17(25)8-9-20(21)26/h5-11,18-19,28H,12-14H2,1-4H3,(H-,27,30,31,32)/t18-,19-,29?/m1/s1. The molecule has 1 aliphatic heterocycles. The number of hydrogen-bond donors (Lipinski definition) is 2. The monoisotopic (exact) mass is 629 g/mol. The number of carbonyl (C=O) groups excluding carboxylic acids is 2. The third-order valence-corrected chi connectivity index (χ3v) is 9.50. The number of benzene rings is 2. The van der Waals surface area contributed by atoms with E-state index in [0.717, 1.165) is 5.56 Å². The number of nitrogens with zero attached hydrogens (tertiary/aromatic N) is 1. The first-order chi connectivity index (χ1) is 16.2. The van der Waals surface area contributed by atoms with Crippen LogP contribution < -0.4 is 15.1 Å². The Bertz CT molecular complexity index is 1250. The molecule has 190 valence electrons. The van der Waals surface area contributed by atoms with E-state index in [0.29, 0.717) is 14.5 Å². The van der Waals surface area contributed by atoms with Gasteiger partial charge >= 0.3 is 0 Å². The predicted octanol–water partition coefficient (Wildman–Crippen LogP) is 3.33. The van der Waals surface area contributed by atoms with Crippen molar-refractivity contribution in [2.45, 2.75) is 56.6 Å². The Kier molecular flexibility index (Phi) is 8.17. The third kappa shape index (κ3) is 5.80. The van der Waals surface area contributed by atoms with E-state index in [2.05, 4.69) is 41.9 Å². The van der Waals surface area contributed by atoms with Gasteiger partial charge in [0.15, 0.2) is 0 Å². The van der Waals surface area contributed by atoms with Crippen LogP contribution in [0.25, 0.3) is 0 Å². The average molecular weight is 631 g/mol. The maximum absolute atomic E-state index is 13.2. The summed E-state index contributed by atoms with van der Waals surface area (Å²) in [7, 11) is -3.96. The number of aryl methyl sites for hydroxylation is 1. The lowest BCUT2D eigenvalue weighted by atomic mass is 9.99. The van der Waals surface area contributed by atoms with Crippen LogP contribution in [0, 0.1) is 6.92 Å². The molecule has 0 aromatic heterocycles. The number of quaternary nitrogens is 1. The molecule has 3 atom stereocenters. The molecule has 1 heterocycles. The Morgan fingerprint density at radius 3 is 2.43 bits per heavy atom. The summed E-state index contributed by atoms with van der Waals surface area (Å²) in [6, 6.07) is 10.6. The zero-order valence-corrected chi connectivity index (χ0v) is 24.0. The molecule has 2 amide bonds. The van der Waals surface area contributed by atoms with Gasteiger partial charge in [-0.15, -0.1) is 0 Å². The summed E-state index contributed by atoms with van der Waals surface area (Å²) in [4.78, 5) is 25.4. The number of amides is 2. The molecular formula is C24H29Br2N3O5S. The third-order valence-electron chi connectivity index (χ3n) is 6.49. The normalized spacial score (nSPS) is 22.7. The molecule has 1 aliphatic rings. The van der Waals surface area contributed by atoms with Crippen LogP contribution in [0.15, 0.2) is 56.3 Å². The fourth-order valence-corrected chi connectivity index (χ4v) is 7.53. The van der Waals surface area contributed by atoms with E-state index in [-0.39, 0.29) is 30.3 Å². The molecular weight excluding hydrogens is 602 g/mol. The predicted molar refractivity (Wildman–Crippen MR) is 138 cm³/mol. The molecule has 0 spiro atoms. The number of nitrogens with one attached hydrogen (secondary N) is 2. The van der Waals surface area contributed by atoms with E-state index in [9.17, 15) is 23.1 Å². The van der Waals surface area contributed by atoms with E-state index in [1.165, 1.54) is 6.07 Å². The van der Waals surface area contributed by atoms with E-state index >= 15 is 0 Å². The molecule has 11 heteroatoms. The summed E-state index contributed by atoms with van der Waals surface area (Å²) >= 11 is 6.57. The highest BCUT2D eigenvalue weighted by atomic mass is 79.9. The van der Waals surface area contributed by atoms with E-state index in [1.807, 2.05) is 13.0 Å². The van der Waals surface area contributed by atoms with Crippen molar-refractivity contribution in [3.05, 3.63) is 62.5 Å². The first kappa shape index (κ1) is 27.8. The van der Waals surface area contributed by atoms with Crippen molar-refractivity contribution in [3.63, 3.8) is 0 Å². The van der Waals surface area contributed by atoms with Gasteiger partial charge < -0.3 is 15.2 Å². The zero-order chi connectivity index (χ0) is 26.2. The number of carbonyl (C=O) groups is 2. The number of carboxylic acid groups (broad SMARTS) is 1. The summed E-state index contributed by atoms with van der Waals surface area (Å²) in [5.74, 6) is -0.318. The van der Waals surface area contributed by atoms with Gasteiger partial charge in [-0.1, -0.05) is 33.6 Å². The molecule has 0 aliphatic carbocycles. The van der Waals surface area contributed by atoms with Crippen LogP contribution in [0.3, 0.4) is 0 Å². The molecule has 1 unspecified atom stereocenters. The summed E-state index contributed by atoms with van der Waals surface area (Å²) in [6.45, 7) is 7.25. The molecule has 0 saturated carbocycles. The molecule has 1 fully saturated rings. The zero-order valence-electron chi connectivity index (χ0n) is 20.0. The Hall–Kier alpha value is -1.79. The minimum Gasteiger partial charge on any atom is -0.498 e. The molecule has 35 heavy (non-hydrogen) atoms. The number of likely N-dealkylation sites (tertiary alicyclic amines) is 1. The highest BCUT2D eigenvalue weighted by Crippen LogP contribution is 2.37. The fraction of sp³-hybridized carbons (Fsp3) is 0.417. The maximum Gasteiger partial charge on any atom is 0.258 e. The summed E-state index contributed by atoms with van der Waals surface area (Å²) < 4.78 is 29.5. The SMILES string of the molecule is Cc1cccc(C(=O)NC[C@H]2C[C@@H](NS(=O)(=O)c3cc(Br)ccc3Br)C[N+]2(C(=O)[O-])C(C)(C)C)c1. The van der Waals surface area contributed by atoms with Gasteiger partial charge in [-0.25, -0.2) is 13.1 Å². The van der Waals surface area contributed by atoms with Gasteiger partial charge in [-0.2, -0.15) is 0 Å². The highest BCUT2D eigenvalue weighted by Gasteiger charge is 2.56. The largest absolute Gasteiger partial charge is 0.498 e. The molecule has 2 aromatic rings. The number of hydrogen-bond acceptors (Lipinski definition) is 5. The fourth-order valence-electron chi connectivity index (χ4n) is 4.79. The van der Waals surface area contributed by atoms with E-state index in [4.69, 9.17) is 0 Å². The Labute approximate surface area is 223 Å². The van der Waals surface area contributed by atoms with Gasteiger partial charge in [-0.05, 0) is 74.0 Å². The second-order valence-electron chi connectivity index (χ2n) is 9.85. The summed E-state index contributed by atoms with van der Waals surface area (Å²) in [6.07, 6.45) is -1.10.